The number of carbonyl (C=O) groups excluding carboxylic acids is 1. The third-order valence-corrected chi connectivity index (χ3v) is 2.55. The summed E-state index contributed by atoms with van der Waals surface area (Å²) in [4.78, 5) is 11.0. The molecule has 1 aromatic carbocycles. The number of halogens is 1. The smallest absolute Gasteiger partial charge is 0.319 e. The Morgan fingerprint density at radius 3 is 2.88 bits per heavy atom. The van der Waals surface area contributed by atoms with Gasteiger partial charge in [-0.25, -0.2) is 0 Å². The zero-order valence-corrected chi connectivity index (χ0v) is 10.3. The molecule has 0 fully saturated rings. The minimum atomic E-state index is -0.235. The third-order valence-electron chi connectivity index (χ3n) is 2.14. The molecule has 0 aliphatic rings. The van der Waals surface area contributed by atoms with Crippen LogP contribution in [0.4, 0.5) is 0 Å². The van der Waals surface area contributed by atoms with Gasteiger partial charge in [0.25, 0.3) is 0 Å². The summed E-state index contributed by atoms with van der Waals surface area (Å²) < 4.78 is 4.80. The van der Waals surface area contributed by atoms with Crippen molar-refractivity contribution in [2.75, 3.05) is 13.2 Å². The maximum Gasteiger partial charge on any atom is 0.319 e. The molecule has 0 aliphatic heterocycles. The number of aryl methyl sites for hydroxylation is 1. The lowest BCUT2D eigenvalue weighted by molar-refractivity contribution is -0.142. The van der Waals surface area contributed by atoms with E-state index in [1.807, 2.05) is 25.1 Å². The Hall–Kier alpha value is -1.06. The molecule has 0 bridgehead atoms. The van der Waals surface area contributed by atoms with Crippen molar-refractivity contribution in [3.8, 4) is 0 Å². The van der Waals surface area contributed by atoms with Crippen molar-refractivity contribution in [3.63, 3.8) is 0 Å². The van der Waals surface area contributed by atoms with E-state index in [9.17, 15) is 4.79 Å². The van der Waals surface area contributed by atoms with Gasteiger partial charge in [0.05, 0.1) is 13.2 Å². The molecule has 4 heteroatoms. The van der Waals surface area contributed by atoms with Crippen LogP contribution in [0.1, 0.15) is 18.1 Å². The van der Waals surface area contributed by atoms with Gasteiger partial charge >= 0.3 is 5.97 Å². The molecule has 3 nitrogen and oxygen atoms in total. The molecule has 1 aromatic rings. The van der Waals surface area contributed by atoms with Gasteiger partial charge in [-0.15, -0.1) is 0 Å². The summed E-state index contributed by atoms with van der Waals surface area (Å²) in [6, 6.07) is 5.85. The number of carbonyl (C=O) groups is 1. The number of esters is 1. The first-order valence-electron chi connectivity index (χ1n) is 5.25. The number of hydrogen-bond donors (Lipinski definition) is 1. The molecular formula is C12H16ClNO2. The zero-order chi connectivity index (χ0) is 12.0. The SMILES string of the molecule is CCOC(=O)CNCc1ccc(C)c(Cl)c1. The lowest BCUT2D eigenvalue weighted by Crippen LogP contribution is -2.24. The minimum absolute atomic E-state index is 0.222. The average molecular weight is 242 g/mol. The molecule has 0 unspecified atom stereocenters. The highest BCUT2D eigenvalue weighted by Gasteiger charge is 2.01. The Bertz CT molecular complexity index is 366. The van der Waals surface area contributed by atoms with E-state index in [1.165, 1.54) is 0 Å². The second kappa shape index (κ2) is 6.51. The van der Waals surface area contributed by atoms with Crippen molar-refractivity contribution in [2.45, 2.75) is 20.4 Å². The van der Waals surface area contributed by atoms with E-state index in [0.717, 1.165) is 16.1 Å². The van der Waals surface area contributed by atoms with Crippen LogP contribution in [0.5, 0.6) is 0 Å². The maximum atomic E-state index is 11.0. The molecule has 88 valence electrons. The van der Waals surface area contributed by atoms with E-state index in [4.69, 9.17) is 16.3 Å². The van der Waals surface area contributed by atoms with Gasteiger partial charge in [0.1, 0.15) is 0 Å². The third kappa shape index (κ3) is 4.21. The molecule has 0 saturated carbocycles. The van der Waals surface area contributed by atoms with Crippen LogP contribution >= 0.6 is 11.6 Å². The van der Waals surface area contributed by atoms with Crippen LogP contribution in [0, 0.1) is 6.92 Å². The summed E-state index contributed by atoms with van der Waals surface area (Å²) in [5, 5.41) is 3.75. The summed E-state index contributed by atoms with van der Waals surface area (Å²) in [5.41, 5.74) is 2.11. The number of hydrogen-bond acceptors (Lipinski definition) is 3. The largest absolute Gasteiger partial charge is 0.465 e. The van der Waals surface area contributed by atoms with Gasteiger partial charge in [-0.1, -0.05) is 23.7 Å². The number of benzene rings is 1. The minimum Gasteiger partial charge on any atom is -0.465 e. The summed E-state index contributed by atoms with van der Waals surface area (Å²) in [7, 11) is 0. The van der Waals surface area contributed by atoms with E-state index in [2.05, 4.69) is 5.32 Å². The fraction of sp³-hybridized carbons (Fsp3) is 0.417. The lowest BCUT2D eigenvalue weighted by Gasteiger charge is -2.06. The quantitative estimate of drug-likeness (QED) is 0.804. The number of rotatable bonds is 5. The molecule has 0 aliphatic carbocycles. The summed E-state index contributed by atoms with van der Waals surface area (Å²) in [5.74, 6) is -0.235. The highest BCUT2D eigenvalue weighted by molar-refractivity contribution is 6.31. The fourth-order valence-electron chi connectivity index (χ4n) is 1.27. The van der Waals surface area contributed by atoms with Crippen molar-refractivity contribution in [3.05, 3.63) is 34.3 Å². The zero-order valence-electron chi connectivity index (χ0n) is 9.55. The predicted octanol–water partition coefficient (Wildman–Crippen LogP) is 2.30. The topological polar surface area (TPSA) is 38.3 Å². The van der Waals surface area contributed by atoms with Gasteiger partial charge in [-0.3, -0.25) is 4.79 Å². The van der Waals surface area contributed by atoms with Crippen LogP contribution in [-0.2, 0) is 16.1 Å². The standard InChI is InChI=1S/C12H16ClNO2/c1-3-16-12(15)8-14-7-10-5-4-9(2)11(13)6-10/h4-6,14H,3,7-8H2,1-2H3. The molecule has 0 atom stereocenters. The van der Waals surface area contributed by atoms with Crippen LogP contribution in [0.25, 0.3) is 0 Å². The highest BCUT2D eigenvalue weighted by atomic mass is 35.5. The first kappa shape index (κ1) is 13.0. The van der Waals surface area contributed by atoms with Gasteiger partial charge in [-0.05, 0) is 31.0 Å². The summed E-state index contributed by atoms with van der Waals surface area (Å²) >= 11 is 5.99. The van der Waals surface area contributed by atoms with E-state index >= 15 is 0 Å². The molecular weight excluding hydrogens is 226 g/mol. The average Bonchev–Trinajstić information content (AvgIpc) is 2.24. The molecule has 0 saturated heterocycles. The monoisotopic (exact) mass is 241 g/mol. The van der Waals surface area contributed by atoms with E-state index < -0.39 is 0 Å². The van der Waals surface area contributed by atoms with Crippen LogP contribution in [0.3, 0.4) is 0 Å². The molecule has 0 amide bonds. The normalized spacial score (nSPS) is 10.2. The van der Waals surface area contributed by atoms with Crippen molar-refractivity contribution < 1.29 is 9.53 Å². The molecule has 0 aromatic heterocycles. The second-order valence-corrected chi connectivity index (χ2v) is 3.90. The number of nitrogens with one attached hydrogen (secondary N) is 1. The molecule has 1 rings (SSSR count). The molecule has 0 spiro atoms. The van der Waals surface area contributed by atoms with Crippen molar-refractivity contribution in [2.24, 2.45) is 0 Å². The lowest BCUT2D eigenvalue weighted by atomic mass is 10.1. The molecule has 16 heavy (non-hydrogen) atoms. The van der Waals surface area contributed by atoms with E-state index in [-0.39, 0.29) is 12.5 Å². The fourth-order valence-corrected chi connectivity index (χ4v) is 1.47. The van der Waals surface area contributed by atoms with Crippen LogP contribution in [0.2, 0.25) is 5.02 Å². The molecule has 1 N–H and O–H groups in total. The maximum absolute atomic E-state index is 11.0. The van der Waals surface area contributed by atoms with Crippen LogP contribution < -0.4 is 5.32 Å². The second-order valence-electron chi connectivity index (χ2n) is 3.49. The predicted molar refractivity (Wildman–Crippen MR) is 64.5 cm³/mol. The Morgan fingerprint density at radius 2 is 2.25 bits per heavy atom. The van der Waals surface area contributed by atoms with Crippen LogP contribution in [-0.4, -0.2) is 19.1 Å². The first-order valence-corrected chi connectivity index (χ1v) is 5.62. The molecule has 0 radical (unpaired) electrons. The van der Waals surface area contributed by atoms with Crippen molar-refractivity contribution in [1.29, 1.82) is 0 Å². The number of ether oxygens (including phenoxy) is 1. The van der Waals surface area contributed by atoms with Gasteiger partial charge in [0.15, 0.2) is 0 Å². The summed E-state index contributed by atoms with van der Waals surface area (Å²) in [6.07, 6.45) is 0. The van der Waals surface area contributed by atoms with Crippen molar-refractivity contribution >= 4 is 17.6 Å². The highest BCUT2D eigenvalue weighted by Crippen LogP contribution is 2.16. The summed E-state index contributed by atoms with van der Waals surface area (Å²) in [6.45, 7) is 4.99. The Balaban J connectivity index is 2.37. The van der Waals surface area contributed by atoms with Gasteiger partial charge in [0, 0.05) is 11.6 Å². The van der Waals surface area contributed by atoms with E-state index in [0.29, 0.717) is 13.2 Å². The Labute approximate surface area is 101 Å². The van der Waals surface area contributed by atoms with E-state index in [1.54, 1.807) is 6.92 Å². The van der Waals surface area contributed by atoms with Crippen molar-refractivity contribution in [1.82, 2.24) is 5.32 Å². The Kier molecular flexibility index (Phi) is 5.29. The van der Waals surface area contributed by atoms with Gasteiger partial charge in [0.2, 0.25) is 0 Å². The van der Waals surface area contributed by atoms with Crippen LogP contribution in [0.15, 0.2) is 18.2 Å². The first-order chi connectivity index (χ1) is 7.63. The Morgan fingerprint density at radius 1 is 1.50 bits per heavy atom. The molecule has 0 heterocycles. The van der Waals surface area contributed by atoms with Gasteiger partial charge in [-0.2, -0.15) is 0 Å². The van der Waals surface area contributed by atoms with Gasteiger partial charge < -0.3 is 10.1 Å².